The molecule has 0 saturated carbocycles. The SMILES string of the molecule is CC(O)c1ccc(N2CCc3ccc(F)cc32)c(F)c1. The van der Waals surface area contributed by atoms with Crippen molar-refractivity contribution in [2.24, 2.45) is 0 Å². The quantitative estimate of drug-likeness (QED) is 0.903. The van der Waals surface area contributed by atoms with Crippen molar-refractivity contribution < 1.29 is 13.9 Å². The monoisotopic (exact) mass is 275 g/mol. The number of benzene rings is 2. The lowest BCUT2D eigenvalue weighted by molar-refractivity contribution is 0.199. The lowest BCUT2D eigenvalue weighted by Crippen LogP contribution is -2.15. The van der Waals surface area contributed by atoms with Gasteiger partial charge in [0.1, 0.15) is 11.6 Å². The van der Waals surface area contributed by atoms with Gasteiger partial charge in [0, 0.05) is 12.2 Å². The van der Waals surface area contributed by atoms with Crippen LogP contribution in [0.3, 0.4) is 0 Å². The van der Waals surface area contributed by atoms with Crippen molar-refractivity contribution in [1.29, 1.82) is 0 Å². The molecule has 1 unspecified atom stereocenters. The largest absolute Gasteiger partial charge is 0.389 e. The van der Waals surface area contributed by atoms with Crippen molar-refractivity contribution >= 4 is 11.4 Å². The molecule has 0 fully saturated rings. The smallest absolute Gasteiger partial charge is 0.147 e. The van der Waals surface area contributed by atoms with Gasteiger partial charge in [-0.3, -0.25) is 0 Å². The number of rotatable bonds is 2. The van der Waals surface area contributed by atoms with E-state index in [0.717, 1.165) is 12.0 Å². The van der Waals surface area contributed by atoms with Gasteiger partial charge in [-0.1, -0.05) is 12.1 Å². The Morgan fingerprint density at radius 3 is 2.60 bits per heavy atom. The average Bonchev–Trinajstić information content (AvgIpc) is 2.81. The number of hydrogen-bond donors (Lipinski definition) is 1. The molecule has 0 radical (unpaired) electrons. The molecule has 0 aromatic heterocycles. The van der Waals surface area contributed by atoms with Crippen LogP contribution < -0.4 is 4.90 Å². The van der Waals surface area contributed by atoms with Crippen LogP contribution in [0.5, 0.6) is 0 Å². The van der Waals surface area contributed by atoms with Gasteiger partial charge < -0.3 is 10.0 Å². The Morgan fingerprint density at radius 2 is 1.90 bits per heavy atom. The topological polar surface area (TPSA) is 23.5 Å². The molecule has 0 spiro atoms. The van der Waals surface area contributed by atoms with Crippen molar-refractivity contribution in [2.45, 2.75) is 19.4 Å². The van der Waals surface area contributed by atoms with Gasteiger partial charge in [0.2, 0.25) is 0 Å². The summed E-state index contributed by atoms with van der Waals surface area (Å²) in [4.78, 5) is 1.78. The third kappa shape index (κ3) is 2.16. The van der Waals surface area contributed by atoms with E-state index in [2.05, 4.69) is 0 Å². The lowest BCUT2D eigenvalue weighted by Gasteiger charge is -2.21. The van der Waals surface area contributed by atoms with Gasteiger partial charge in [0.25, 0.3) is 0 Å². The number of fused-ring (bicyclic) bond motifs is 1. The van der Waals surface area contributed by atoms with E-state index in [0.29, 0.717) is 23.5 Å². The third-order valence-corrected chi connectivity index (χ3v) is 3.69. The van der Waals surface area contributed by atoms with E-state index in [4.69, 9.17) is 0 Å². The molecular weight excluding hydrogens is 260 g/mol. The Kier molecular flexibility index (Phi) is 3.18. The van der Waals surface area contributed by atoms with Crippen molar-refractivity contribution in [2.75, 3.05) is 11.4 Å². The van der Waals surface area contributed by atoms with Gasteiger partial charge in [0.15, 0.2) is 0 Å². The van der Waals surface area contributed by atoms with Crippen molar-refractivity contribution in [3.63, 3.8) is 0 Å². The first-order valence-electron chi connectivity index (χ1n) is 6.60. The van der Waals surface area contributed by atoms with Gasteiger partial charge in [0.05, 0.1) is 11.8 Å². The Labute approximate surface area is 116 Å². The highest BCUT2D eigenvalue weighted by Gasteiger charge is 2.23. The Morgan fingerprint density at radius 1 is 1.10 bits per heavy atom. The maximum absolute atomic E-state index is 14.2. The van der Waals surface area contributed by atoms with Crippen LogP contribution >= 0.6 is 0 Å². The first-order chi connectivity index (χ1) is 9.56. The number of nitrogens with zero attached hydrogens (tertiary/aromatic N) is 1. The molecule has 20 heavy (non-hydrogen) atoms. The second-order valence-electron chi connectivity index (χ2n) is 5.06. The third-order valence-electron chi connectivity index (χ3n) is 3.69. The molecule has 0 saturated heterocycles. The summed E-state index contributed by atoms with van der Waals surface area (Å²) in [5.41, 5.74) is 2.68. The summed E-state index contributed by atoms with van der Waals surface area (Å²) >= 11 is 0. The maximum Gasteiger partial charge on any atom is 0.147 e. The number of aliphatic hydroxyl groups excluding tert-OH is 1. The van der Waals surface area contributed by atoms with Gasteiger partial charge in [-0.15, -0.1) is 0 Å². The van der Waals surface area contributed by atoms with Crippen LogP contribution in [0.4, 0.5) is 20.2 Å². The Balaban J connectivity index is 2.02. The van der Waals surface area contributed by atoms with Crippen LogP contribution in [0.25, 0.3) is 0 Å². The van der Waals surface area contributed by atoms with E-state index in [1.807, 2.05) is 0 Å². The van der Waals surface area contributed by atoms with Gasteiger partial charge in [-0.05, 0) is 48.7 Å². The summed E-state index contributed by atoms with van der Waals surface area (Å²) in [5, 5.41) is 9.47. The van der Waals surface area contributed by atoms with Crippen molar-refractivity contribution in [3.8, 4) is 0 Å². The highest BCUT2D eigenvalue weighted by molar-refractivity contribution is 5.70. The van der Waals surface area contributed by atoms with E-state index < -0.39 is 11.9 Å². The molecular formula is C16H15F2NO. The number of aliphatic hydroxyl groups is 1. The molecule has 0 aliphatic carbocycles. The first kappa shape index (κ1) is 13.1. The molecule has 0 bridgehead atoms. The molecule has 104 valence electrons. The molecule has 0 amide bonds. The van der Waals surface area contributed by atoms with Crippen LogP contribution in [0, 0.1) is 11.6 Å². The highest BCUT2D eigenvalue weighted by atomic mass is 19.1. The molecule has 1 aliphatic rings. The maximum atomic E-state index is 14.2. The van der Waals surface area contributed by atoms with E-state index in [1.54, 1.807) is 30.0 Å². The molecule has 4 heteroatoms. The minimum atomic E-state index is -0.707. The molecule has 1 aliphatic heterocycles. The van der Waals surface area contributed by atoms with Gasteiger partial charge in [-0.25, -0.2) is 8.78 Å². The molecule has 2 aromatic carbocycles. The number of anilines is 2. The molecule has 1 atom stereocenters. The molecule has 3 rings (SSSR count). The van der Waals surface area contributed by atoms with E-state index in [-0.39, 0.29) is 5.82 Å². The normalized spacial score (nSPS) is 15.3. The fourth-order valence-electron chi connectivity index (χ4n) is 2.60. The van der Waals surface area contributed by atoms with E-state index in [9.17, 15) is 13.9 Å². The predicted octanol–water partition coefficient (Wildman–Crippen LogP) is 3.71. The zero-order chi connectivity index (χ0) is 14.3. The zero-order valence-corrected chi connectivity index (χ0v) is 11.1. The second kappa shape index (κ2) is 4.87. The molecule has 1 heterocycles. The van der Waals surface area contributed by atoms with Crippen molar-refractivity contribution in [1.82, 2.24) is 0 Å². The van der Waals surface area contributed by atoms with E-state index in [1.165, 1.54) is 18.2 Å². The predicted molar refractivity (Wildman–Crippen MR) is 74.1 cm³/mol. The van der Waals surface area contributed by atoms with Crippen LogP contribution in [0.2, 0.25) is 0 Å². The van der Waals surface area contributed by atoms with Crippen molar-refractivity contribution in [3.05, 3.63) is 59.2 Å². The lowest BCUT2D eigenvalue weighted by atomic mass is 10.1. The minimum Gasteiger partial charge on any atom is -0.389 e. The summed E-state index contributed by atoms with van der Waals surface area (Å²) in [5.74, 6) is -0.725. The molecule has 2 aromatic rings. The second-order valence-corrected chi connectivity index (χ2v) is 5.06. The van der Waals surface area contributed by atoms with Crippen LogP contribution in [-0.4, -0.2) is 11.7 Å². The Bertz CT molecular complexity index is 655. The van der Waals surface area contributed by atoms with Gasteiger partial charge >= 0.3 is 0 Å². The van der Waals surface area contributed by atoms with Crippen LogP contribution in [0.1, 0.15) is 24.2 Å². The van der Waals surface area contributed by atoms with Crippen LogP contribution in [0.15, 0.2) is 36.4 Å². The average molecular weight is 275 g/mol. The standard InChI is InChI=1S/C16H15F2NO/c1-10(20)12-3-5-15(14(18)8-12)19-7-6-11-2-4-13(17)9-16(11)19/h2-5,8-10,20H,6-7H2,1H3. The van der Waals surface area contributed by atoms with Gasteiger partial charge in [-0.2, -0.15) is 0 Å². The Hall–Kier alpha value is -1.94. The fraction of sp³-hybridized carbons (Fsp3) is 0.250. The summed E-state index contributed by atoms with van der Waals surface area (Å²) in [7, 11) is 0. The zero-order valence-electron chi connectivity index (χ0n) is 11.1. The highest BCUT2D eigenvalue weighted by Crippen LogP contribution is 2.36. The summed E-state index contributed by atoms with van der Waals surface area (Å²) in [6, 6.07) is 9.27. The number of halogens is 2. The number of hydrogen-bond acceptors (Lipinski definition) is 2. The minimum absolute atomic E-state index is 0.323. The summed E-state index contributed by atoms with van der Waals surface area (Å²) < 4.78 is 27.6. The fourth-order valence-corrected chi connectivity index (χ4v) is 2.60. The van der Waals surface area contributed by atoms with E-state index >= 15 is 0 Å². The molecule has 2 nitrogen and oxygen atoms in total. The summed E-state index contributed by atoms with van der Waals surface area (Å²) in [6.07, 6.45) is 0.0644. The first-order valence-corrected chi connectivity index (χ1v) is 6.60. The van der Waals surface area contributed by atoms with Crippen LogP contribution in [-0.2, 0) is 6.42 Å². The summed E-state index contributed by atoms with van der Waals surface area (Å²) in [6.45, 7) is 2.22. The molecule has 1 N–H and O–H groups in total.